The van der Waals surface area contributed by atoms with E-state index in [-0.39, 0.29) is 11.7 Å². The topological polar surface area (TPSA) is 56.8 Å². The summed E-state index contributed by atoms with van der Waals surface area (Å²) < 4.78 is 39.9. The summed E-state index contributed by atoms with van der Waals surface area (Å²) in [5.74, 6) is 1.04. The number of hydrogen-bond acceptors (Lipinski definition) is 4. The van der Waals surface area contributed by atoms with E-state index in [1.807, 2.05) is 12.1 Å². The molecule has 2 aromatic rings. The molecule has 0 aromatic heterocycles. The molecule has 0 unspecified atom stereocenters. The van der Waals surface area contributed by atoms with Crippen LogP contribution in [0.1, 0.15) is 11.1 Å². The van der Waals surface area contributed by atoms with Crippen LogP contribution in [0.2, 0.25) is 0 Å². The Morgan fingerprint density at radius 2 is 1.79 bits per heavy atom. The third kappa shape index (κ3) is 6.53. The Labute approximate surface area is 170 Å². The van der Waals surface area contributed by atoms with Crippen LogP contribution < -0.4 is 19.5 Å². The highest BCUT2D eigenvalue weighted by Crippen LogP contribution is 2.33. The Bertz CT molecular complexity index is 826. The Hall–Kier alpha value is -2.61. The van der Waals surface area contributed by atoms with Gasteiger partial charge in [-0.25, -0.2) is 0 Å². The third-order valence-corrected chi connectivity index (χ3v) is 4.52. The second-order valence-corrected chi connectivity index (χ2v) is 6.47. The summed E-state index contributed by atoms with van der Waals surface area (Å²) in [5.41, 5.74) is 1.66. The molecule has 0 atom stereocenters. The summed E-state index contributed by atoms with van der Waals surface area (Å²) in [5, 5.41) is 2.79. The van der Waals surface area contributed by atoms with Gasteiger partial charge < -0.3 is 19.5 Å². The number of carbonyl (C=O) groups is 1. The fraction of sp³-hybridized carbons (Fsp3) is 0.250. The van der Waals surface area contributed by atoms with Crippen molar-refractivity contribution >= 4 is 27.9 Å². The first kappa shape index (κ1) is 21.7. The van der Waals surface area contributed by atoms with Gasteiger partial charge in [0.15, 0.2) is 11.5 Å². The van der Waals surface area contributed by atoms with Crippen molar-refractivity contribution < 1.29 is 27.8 Å². The van der Waals surface area contributed by atoms with Crippen LogP contribution in [0.4, 0.5) is 8.78 Å². The first-order valence-electron chi connectivity index (χ1n) is 8.34. The maximum absolute atomic E-state index is 12.1. The maximum atomic E-state index is 12.1. The predicted molar refractivity (Wildman–Crippen MR) is 106 cm³/mol. The molecular weight excluding hydrogens is 436 g/mol. The second kappa shape index (κ2) is 10.7. The van der Waals surface area contributed by atoms with Crippen LogP contribution in [0.3, 0.4) is 0 Å². The van der Waals surface area contributed by atoms with Gasteiger partial charge in [-0.05, 0) is 47.9 Å². The molecule has 0 radical (unpaired) electrons. The quantitative estimate of drug-likeness (QED) is 0.567. The maximum Gasteiger partial charge on any atom is 0.387 e. The summed E-state index contributed by atoms with van der Waals surface area (Å²) >= 11 is 3.48. The summed E-state index contributed by atoms with van der Waals surface area (Å²) in [6, 6.07) is 9.67. The van der Waals surface area contributed by atoms with Crippen LogP contribution in [-0.2, 0) is 11.2 Å². The monoisotopic (exact) mass is 455 g/mol. The van der Waals surface area contributed by atoms with Crippen LogP contribution in [0.15, 0.2) is 46.9 Å². The number of alkyl halides is 2. The normalized spacial score (nSPS) is 10.9. The lowest BCUT2D eigenvalue weighted by Crippen LogP contribution is -2.23. The Kier molecular flexibility index (Phi) is 8.25. The van der Waals surface area contributed by atoms with Gasteiger partial charge in [-0.2, -0.15) is 8.78 Å². The molecule has 0 spiro atoms. The zero-order valence-electron chi connectivity index (χ0n) is 15.4. The zero-order valence-corrected chi connectivity index (χ0v) is 17.0. The molecule has 0 aliphatic heterocycles. The van der Waals surface area contributed by atoms with E-state index in [1.165, 1.54) is 18.2 Å². The standard InChI is InChI=1S/C20H20BrF2NO4/c1-26-17-11-14(16(21)12-18(17)27-2)9-10-24-19(25)8-5-13-3-6-15(7-4-13)28-20(22)23/h3-8,11-12,20H,9-10H2,1-2H3,(H,24,25)/b8-5+. The summed E-state index contributed by atoms with van der Waals surface area (Å²) in [6.45, 7) is -2.43. The first-order valence-corrected chi connectivity index (χ1v) is 9.13. The largest absolute Gasteiger partial charge is 0.493 e. The molecule has 1 amide bonds. The molecular formula is C20H20BrF2NO4. The fourth-order valence-electron chi connectivity index (χ4n) is 2.40. The SMILES string of the molecule is COc1cc(Br)c(CCNC(=O)/C=C/c2ccc(OC(F)F)cc2)cc1OC. The van der Waals surface area contributed by atoms with E-state index in [0.29, 0.717) is 30.0 Å². The van der Waals surface area contributed by atoms with Crippen molar-refractivity contribution in [3.05, 3.63) is 58.1 Å². The van der Waals surface area contributed by atoms with Crippen molar-refractivity contribution in [3.8, 4) is 17.2 Å². The van der Waals surface area contributed by atoms with E-state index in [0.717, 1.165) is 10.0 Å². The molecule has 2 rings (SSSR count). The molecule has 28 heavy (non-hydrogen) atoms. The van der Waals surface area contributed by atoms with Crippen molar-refractivity contribution in [2.75, 3.05) is 20.8 Å². The number of amides is 1. The lowest BCUT2D eigenvalue weighted by molar-refractivity contribution is -0.116. The van der Waals surface area contributed by atoms with Crippen LogP contribution in [-0.4, -0.2) is 33.3 Å². The van der Waals surface area contributed by atoms with Gasteiger partial charge in [0.25, 0.3) is 0 Å². The van der Waals surface area contributed by atoms with Gasteiger partial charge in [0, 0.05) is 17.1 Å². The molecule has 0 bridgehead atoms. The lowest BCUT2D eigenvalue weighted by atomic mass is 10.1. The number of rotatable bonds is 9. The minimum Gasteiger partial charge on any atom is -0.493 e. The molecule has 0 saturated heterocycles. The summed E-state index contributed by atoms with van der Waals surface area (Å²) in [7, 11) is 3.13. The first-order chi connectivity index (χ1) is 13.4. The number of benzene rings is 2. The van der Waals surface area contributed by atoms with Gasteiger partial charge in [0.1, 0.15) is 5.75 Å². The number of methoxy groups -OCH3 is 2. The van der Waals surface area contributed by atoms with E-state index in [4.69, 9.17) is 9.47 Å². The number of carbonyl (C=O) groups excluding carboxylic acids is 1. The predicted octanol–water partition coefficient (Wildman–Crippen LogP) is 4.44. The molecule has 2 aromatic carbocycles. The van der Waals surface area contributed by atoms with Crippen LogP contribution in [0, 0.1) is 0 Å². The van der Waals surface area contributed by atoms with Gasteiger partial charge in [-0.3, -0.25) is 4.79 Å². The summed E-state index contributed by atoms with van der Waals surface area (Å²) in [4.78, 5) is 11.9. The average Bonchev–Trinajstić information content (AvgIpc) is 2.68. The van der Waals surface area contributed by atoms with E-state index in [1.54, 1.807) is 32.4 Å². The molecule has 0 aliphatic carbocycles. The molecule has 0 fully saturated rings. The van der Waals surface area contributed by atoms with Gasteiger partial charge in [0.05, 0.1) is 14.2 Å². The molecule has 1 N–H and O–H groups in total. The van der Waals surface area contributed by atoms with Gasteiger partial charge in [0.2, 0.25) is 5.91 Å². The highest BCUT2D eigenvalue weighted by Gasteiger charge is 2.09. The fourth-order valence-corrected chi connectivity index (χ4v) is 2.92. The van der Waals surface area contributed by atoms with Crippen molar-refractivity contribution in [1.82, 2.24) is 5.32 Å². The van der Waals surface area contributed by atoms with Crippen molar-refractivity contribution in [3.63, 3.8) is 0 Å². The Balaban J connectivity index is 1.86. The number of halogens is 3. The van der Waals surface area contributed by atoms with Crippen molar-refractivity contribution in [2.24, 2.45) is 0 Å². The minimum absolute atomic E-state index is 0.0668. The van der Waals surface area contributed by atoms with E-state index >= 15 is 0 Å². The van der Waals surface area contributed by atoms with E-state index in [9.17, 15) is 13.6 Å². The van der Waals surface area contributed by atoms with Gasteiger partial charge in [-0.1, -0.05) is 28.1 Å². The molecule has 8 heteroatoms. The van der Waals surface area contributed by atoms with Crippen LogP contribution in [0.5, 0.6) is 17.2 Å². The minimum atomic E-state index is -2.86. The molecule has 5 nitrogen and oxygen atoms in total. The highest BCUT2D eigenvalue weighted by molar-refractivity contribution is 9.10. The number of nitrogens with one attached hydrogen (secondary N) is 1. The molecule has 0 heterocycles. The van der Waals surface area contributed by atoms with Crippen molar-refractivity contribution in [2.45, 2.75) is 13.0 Å². The van der Waals surface area contributed by atoms with Gasteiger partial charge in [-0.15, -0.1) is 0 Å². The Morgan fingerprint density at radius 1 is 1.14 bits per heavy atom. The average molecular weight is 456 g/mol. The van der Waals surface area contributed by atoms with Crippen LogP contribution in [0.25, 0.3) is 6.08 Å². The summed E-state index contributed by atoms with van der Waals surface area (Å²) in [6.07, 6.45) is 3.57. The number of ether oxygens (including phenoxy) is 3. The smallest absolute Gasteiger partial charge is 0.387 e. The van der Waals surface area contributed by atoms with E-state index < -0.39 is 6.61 Å². The molecule has 0 aliphatic rings. The second-order valence-electron chi connectivity index (χ2n) is 5.62. The molecule has 0 saturated carbocycles. The zero-order chi connectivity index (χ0) is 20.5. The van der Waals surface area contributed by atoms with Crippen molar-refractivity contribution in [1.29, 1.82) is 0 Å². The Morgan fingerprint density at radius 3 is 2.39 bits per heavy atom. The highest BCUT2D eigenvalue weighted by atomic mass is 79.9. The number of hydrogen-bond donors (Lipinski definition) is 1. The lowest BCUT2D eigenvalue weighted by Gasteiger charge is -2.12. The third-order valence-electron chi connectivity index (χ3n) is 3.78. The molecule has 150 valence electrons. The van der Waals surface area contributed by atoms with Gasteiger partial charge >= 0.3 is 6.61 Å². The van der Waals surface area contributed by atoms with E-state index in [2.05, 4.69) is 26.0 Å². The van der Waals surface area contributed by atoms with Crippen LogP contribution >= 0.6 is 15.9 Å².